The molecule has 24 heavy (non-hydrogen) atoms. The third-order valence-electron chi connectivity index (χ3n) is 4.91. The van der Waals surface area contributed by atoms with E-state index in [1.807, 2.05) is 13.8 Å². The highest BCUT2D eigenvalue weighted by Gasteiger charge is 2.24. The highest BCUT2D eigenvalue weighted by atomic mass is 79.9. The van der Waals surface area contributed by atoms with E-state index in [9.17, 15) is 9.90 Å². The van der Waals surface area contributed by atoms with Crippen LogP contribution in [0.1, 0.15) is 46.5 Å². The first-order valence-corrected chi connectivity index (χ1v) is 10.8. The van der Waals surface area contributed by atoms with Gasteiger partial charge in [-0.05, 0) is 67.6 Å². The summed E-state index contributed by atoms with van der Waals surface area (Å²) in [5.74, 6) is 3.93. The van der Waals surface area contributed by atoms with Crippen molar-refractivity contribution in [3.8, 4) is 0 Å². The molecule has 0 aromatic heterocycles. The van der Waals surface area contributed by atoms with Crippen LogP contribution in [0.3, 0.4) is 0 Å². The first-order chi connectivity index (χ1) is 11.3. The molecule has 0 aromatic rings. The van der Waals surface area contributed by atoms with Crippen molar-refractivity contribution >= 4 is 33.6 Å². The first kappa shape index (κ1) is 21.8. The lowest BCUT2D eigenvalue weighted by molar-refractivity contribution is -0.125. The maximum atomic E-state index is 12.5. The number of amides is 1. The van der Waals surface area contributed by atoms with Crippen molar-refractivity contribution in [1.82, 2.24) is 5.32 Å². The van der Waals surface area contributed by atoms with Crippen molar-refractivity contribution in [3.05, 3.63) is 22.7 Å². The van der Waals surface area contributed by atoms with Gasteiger partial charge < -0.3 is 10.4 Å². The second-order valence-electron chi connectivity index (χ2n) is 6.97. The number of carbonyl (C=O) groups is 1. The molecule has 2 N–H and O–H groups in total. The number of carbonyl (C=O) groups excluding carboxylic acids is 1. The largest absolute Gasteiger partial charge is 0.392 e. The van der Waals surface area contributed by atoms with Gasteiger partial charge in [-0.1, -0.05) is 36.4 Å². The molecule has 3 nitrogen and oxygen atoms in total. The van der Waals surface area contributed by atoms with Crippen molar-refractivity contribution < 1.29 is 9.90 Å². The van der Waals surface area contributed by atoms with Crippen LogP contribution in [0, 0.1) is 17.8 Å². The lowest BCUT2D eigenvalue weighted by Crippen LogP contribution is -2.39. The van der Waals surface area contributed by atoms with Gasteiger partial charge in [-0.2, -0.15) is 11.8 Å². The maximum Gasteiger partial charge on any atom is 0.223 e. The molecule has 1 saturated heterocycles. The van der Waals surface area contributed by atoms with Crippen molar-refractivity contribution in [2.75, 3.05) is 18.1 Å². The number of halogens is 1. The fourth-order valence-electron chi connectivity index (χ4n) is 3.31. The van der Waals surface area contributed by atoms with Gasteiger partial charge >= 0.3 is 0 Å². The Balaban J connectivity index is 2.52. The Morgan fingerprint density at radius 3 is 2.71 bits per heavy atom. The Kier molecular flexibility index (Phi) is 10.3. The number of allylic oxidation sites excluding steroid dienone is 2. The van der Waals surface area contributed by atoms with E-state index < -0.39 is 0 Å². The second kappa shape index (κ2) is 11.4. The zero-order chi connectivity index (χ0) is 18.1. The van der Waals surface area contributed by atoms with Crippen LogP contribution in [-0.2, 0) is 4.79 Å². The fourth-order valence-corrected chi connectivity index (χ4v) is 4.65. The van der Waals surface area contributed by atoms with E-state index >= 15 is 0 Å². The van der Waals surface area contributed by atoms with Crippen LogP contribution in [0.2, 0.25) is 0 Å². The van der Waals surface area contributed by atoms with Crippen molar-refractivity contribution in [3.63, 3.8) is 0 Å². The van der Waals surface area contributed by atoms with Gasteiger partial charge in [0.05, 0.1) is 6.61 Å². The molecule has 1 heterocycles. The van der Waals surface area contributed by atoms with Gasteiger partial charge in [0.15, 0.2) is 0 Å². The summed E-state index contributed by atoms with van der Waals surface area (Å²) in [6, 6.07) is -0.191. The van der Waals surface area contributed by atoms with E-state index in [0.29, 0.717) is 10.4 Å². The third-order valence-corrected chi connectivity index (χ3v) is 6.24. The zero-order valence-corrected chi connectivity index (χ0v) is 17.6. The second-order valence-corrected chi connectivity index (χ2v) is 9.22. The standard InChI is InChI=1S/C19H32BrNO2S/c1-13(17-6-5-8-24-9-7-17)10-14(2)19(23)21-16(4)18(12-22)11-15(3)20/h11,13-14,16-17,22H,3,5-10,12H2,1-2,4H3,(H,21,23)/b18-11-. The van der Waals surface area contributed by atoms with Crippen LogP contribution >= 0.6 is 27.7 Å². The molecule has 1 aliphatic heterocycles. The van der Waals surface area contributed by atoms with Gasteiger partial charge in [0, 0.05) is 16.4 Å². The van der Waals surface area contributed by atoms with Gasteiger partial charge in [0.2, 0.25) is 5.91 Å². The fraction of sp³-hybridized carbons (Fsp3) is 0.737. The first-order valence-electron chi connectivity index (χ1n) is 8.89. The van der Waals surface area contributed by atoms with Crippen LogP contribution in [0.15, 0.2) is 22.7 Å². The van der Waals surface area contributed by atoms with Gasteiger partial charge in [-0.3, -0.25) is 4.79 Å². The molecule has 0 aromatic carbocycles. The molecule has 0 bridgehead atoms. The molecule has 0 spiro atoms. The maximum absolute atomic E-state index is 12.5. The minimum atomic E-state index is -0.191. The van der Waals surface area contributed by atoms with Gasteiger partial charge in [-0.15, -0.1) is 0 Å². The van der Waals surface area contributed by atoms with E-state index in [4.69, 9.17) is 0 Å². The predicted octanol–water partition coefficient (Wildman–Crippen LogP) is 4.51. The lowest BCUT2D eigenvalue weighted by atomic mass is 9.82. The summed E-state index contributed by atoms with van der Waals surface area (Å²) >= 11 is 5.33. The summed E-state index contributed by atoms with van der Waals surface area (Å²) < 4.78 is 0.695. The summed E-state index contributed by atoms with van der Waals surface area (Å²) in [4.78, 5) is 12.5. The number of rotatable bonds is 8. The Morgan fingerprint density at radius 2 is 2.08 bits per heavy atom. The SMILES string of the molecule is C=C(Br)/C=C(/CO)C(C)NC(=O)C(C)CC(C)C1CCCSCC1. The topological polar surface area (TPSA) is 49.3 Å². The average molecular weight is 418 g/mol. The van der Waals surface area contributed by atoms with Crippen LogP contribution in [0.4, 0.5) is 0 Å². The van der Waals surface area contributed by atoms with Crippen molar-refractivity contribution in [2.45, 2.75) is 52.5 Å². The van der Waals surface area contributed by atoms with Gasteiger partial charge in [-0.25, -0.2) is 0 Å². The van der Waals surface area contributed by atoms with Crippen LogP contribution in [0.25, 0.3) is 0 Å². The Morgan fingerprint density at radius 1 is 1.38 bits per heavy atom. The predicted molar refractivity (Wildman–Crippen MR) is 108 cm³/mol. The minimum absolute atomic E-state index is 0.00882. The molecule has 1 aliphatic rings. The Labute approximate surface area is 159 Å². The highest BCUT2D eigenvalue weighted by Crippen LogP contribution is 2.31. The number of aliphatic hydroxyl groups excluding tert-OH is 1. The number of nitrogens with one attached hydrogen (secondary N) is 1. The number of aliphatic hydroxyl groups is 1. The van der Waals surface area contributed by atoms with Crippen LogP contribution in [-0.4, -0.2) is 35.2 Å². The molecule has 1 rings (SSSR count). The zero-order valence-electron chi connectivity index (χ0n) is 15.2. The monoisotopic (exact) mass is 417 g/mol. The number of thioether (sulfide) groups is 1. The summed E-state index contributed by atoms with van der Waals surface area (Å²) in [7, 11) is 0. The smallest absolute Gasteiger partial charge is 0.223 e. The molecule has 138 valence electrons. The lowest BCUT2D eigenvalue weighted by Gasteiger charge is -2.26. The molecule has 0 radical (unpaired) electrons. The molecule has 4 atom stereocenters. The van der Waals surface area contributed by atoms with Crippen LogP contribution < -0.4 is 5.32 Å². The van der Waals surface area contributed by atoms with Gasteiger partial charge in [0.1, 0.15) is 0 Å². The van der Waals surface area contributed by atoms with E-state index in [0.717, 1.165) is 17.9 Å². The summed E-state index contributed by atoms with van der Waals surface area (Å²) in [5.41, 5.74) is 0.756. The minimum Gasteiger partial charge on any atom is -0.392 e. The summed E-state index contributed by atoms with van der Waals surface area (Å²) in [6.45, 7) is 9.87. The van der Waals surface area contributed by atoms with Crippen molar-refractivity contribution in [2.24, 2.45) is 17.8 Å². The molecular weight excluding hydrogens is 386 g/mol. The van der Waals surface area contributed by atoms with E-state index in [1.165, 1.54) is 30.8 Å². The van der Waals surface area contributed by atoms with E-state index in [2.05, 4.69) is 46.5 Å². The summed E-state index contributed by atoms with van der Waals surface area (Å²) in [5, 5.41) is 12.5. The molecule has 0 saturated carbocycles. The molecule has 0 aliphatic carbocycles. The Bertz CT molecular complexity index is 445. The molecule has 1 amide bonds. The normalized spacial score (nSPS) is 23.0. The number of hydrogen-bond acceptors (Lipinski definition) is 3. The summed E-state index contributed by atoms with van der Waals surface area (Å²) in [6.07, 6.45) is 6.57. The van der Waals surface area contributed by atoms with Gasteiger partial charge in [0.25, 0.3) is 0 Å². The van der Waals surface area contributed by atoms with E-state index in [-0.39, 0.29) is 24.5 Å². The van der Waals surface area contributed by atoms with E-state index in [1.54, 1.807) is 6.08 Å². The molecular formula is C19H32BrNO2S. The average Bonchev–Trinajstić information content (AvgIpc) is 2.81. The quantitative estimate of drug-likeness (QED) is 0.570. The molecule has 4 unspecified atom stereocenters. The highest BCUT2D eigenvalue weighted by molar-refractivity contribution is 9.11. The Hall–Kier alpha value is -0.260. The number of hydrogen-bond donors (Lipinski definition) is 2. The van der Waals surface area contributed by atoms with Crippen molar-refractivity contribution in [1.29, 1.82) is 0 Å². The van der Waals surface area contributed by atoms with Crippen LogP contribution in [0.5, 0.6) is 0 Å². The third kappa shape index (κ3) is 7.75. The molecule has 1 fully saturated rings. The molecule has 5 heteroatoms.